The molecule has 3 fully saturated rings. The van der Waals surface area contributed by atoms with E-state index in [1.54, 1.807) is 6.20 Å². The van der Waals surface area contributed by atoms with Gasteiger partial charge in [0.05, 0.1) is 18.5 Å². The zero-order valence-corrected chi connectivity index (χ0v) is 14.9. The number of aliphatic hydroxyl groups excluding tert-OH is 1. The minimum atomic E-state index is -0.0560. The molecule has 0 saturated heterocycles. The van der Waals surface area contributed by atoms with Crippen molar-refractivity contribution in [2.75, 3.05) is 0 Å². The Balaban J connectivity index is 1.47. The van der Waals surface area contributed by atoms with E-state index in [1.165, 1.54) is 37.8 Å². The lowest BCUT2D eigenvalue weighted by molar-refractivity contribution is -0.0668. The summed E-state index contributed by atoms with van der Waals surface area (Å²) in [6.07, 6.45) is 14.7. The van der Waals surface area contributed by atoms with E-state index in [1.807, 2.05) is 10.9 Å². The molecule has 1 aromatic rings. The molecule has 0 aliphatic heterocycles. The second-order valence-electron chi connectivity index (χ2n) is 9.38. The fraction of sp³-hybridized carbons (Fsp3) is 0.800. The predicted molar refractivity (Wildman–Crippen MR) is 92.8 cm³/mol. The van der Waals surface area contributed by atoms with E-state index in [4.69, 9.17) is 0 Å². The highest BCUT2D eigenvalue weighted by Crippen LogP contribution is 2.67. The number of fused-ring (bicyclic) bond motifs is 5. The number of hydrogen-bond acceptors (Lipinski definition) is 3. The Labute approximate surface area is 144 Å². The highest BCUT2D eigenvalue weighted by molar-refractivity contribution is 5.55. The van der Waals surface area contributed by atoms with Gasteiger partial charge in [0, 0.05) is 11.1 Å². The smallest absolute Gasteiger partial charge is 0.0697 e. The Morgan fingerprint density at radius 2 is 2.08 bits per heavy atom. The van der Waals surface area contributed by atoms with Crippen LogP contribution in [-0.2, 0) is 0 Å². The minimum Gasteiger partial charge on any atom is -0.393 e. The number of allylic oxidation sites excluding steroid dienone is 2. The van der Waals surface area contributed by atoms with Gasteiger partial charge in [0.2, 0.25) is 0 Å². The second-order valence-corrected chi connectivity index (χ2v) is 9.38. The van der Waals surface area contributed by atoms with E-state index in [0.29, 0.717) is 5.41 Å². The Morgan fingerprint density at radius 3 is 2.88 bits per heavy atom. The molecule has 0 bridgehead atoms. The van der Waals surface area contributed by atoms with Gasteiger partial charge >= 0.3 is 0 Å². The van der Waals surface area contributed by atoms with Crippen LogP contribution in [0.15, 0.2) is 18.5 Å². The molecule has 0 amide bonds. The van der Waals surface area contributed by atoms with Crippen molar-refractivity contribution in [1.29, 1.82) is 0 Å². The Hall–Kier alpha value is -1.16. The van der Waals surface area contributed by atoms with Crippen LogP contribution in [0.2, 0.25) is 0 Å². The van der Waals surface area contributed by atoms with Crippen LogP contribution in [0.25, 0.3) is 5.70 Å². The van der Waals surface area contributed by atoms with E-state index >= 15 is 0 Å². The van der Waals surface area contributed by atoms with Crippen LogP contribution in [0.5, 0.6) is 0 Å². The van der Waals surface area contributed by atoms with Gasteiger partial charge in [-0.05, 0) is 74.0 Å². The molecule has 1 aromatic heterocycles. The maximum Gasteiger partial charge on any atom is 0.0697 e. The van der Waals surface area contributed by atoms with E-state index < -0.39 is 0 Å². The molecule has 7 atom stereocenters. The molecule has 0 aromatic carbocycles. The van der Waals surface area contributed by atoms with Gasteiger partial charge in [-0.3, -0.25) is 0 Å². The van der Waals surface area contributed by atoms with Crippen LogP contribution < -0.4 is 0 Å². The fourth-order valence-electron chi connectivity index (χ4n) is 7.40. The van der Waals surface area contributed by atoms with Crippen LogP contribution >= 0.6 is 0 Å². The first-order valence-corrected chi connectivity index (χ1v) is 9.78. The lowest BCUT2D eigenvalue weighted by Gasteiger charge is -2.57. The average molecular weight is 327 g/mol. The van der Waals surface area contributed by atoms with E-state index in [2.05, 4.69) is 30.2 Å². The van der Waals surface area contributed by atoms with E-state index in [-0.39, 0.29) is 11.5 Å². The third-order valence-electron chi connectivity index (χ3n) is 8.51. The molecular weight excluding hydrogens is 298 g/mol. The van der Waals surface area contributed by atoms with Crippen molar-refractivity contribution in [1.82, 2.24) is 15.0 Å². The molecule has 130 valence electrons. The largest absolute Gasteiger partial charge is 0.393 e. The van der Waals surface area contributed by atoms with Gasteiger partial charge in [0.25, 0.3) is 0 Å². The SMILES string of the molecule is CC12CCC3C(CCC4CC(O)CC43C)C1CC=C2n1ccnn1. The van der Waals surface area contributed by atoms with Crippen LogP contribution in [0, 0.1) is 34.5 Å². The number of rotatable bonds is 1. The summed E-state index contributed by atoms with van der Waals surface area (Å²) >= 11 is 0. The molecule has 0 spiro atoms. The molecule has 1 heterocycles. The van der Waals surface area contributed by atoms with E-state index in [0.717, 1.165) is 36.5 Å². The van der Waals surface area contributed by atoms with Gasteiger partial charge in [0.15, 0.2) is 0 Å². The first-order chi connectivity index (χ1) is 11.5. The normalized spacial score (nSPS) is 50.1. The molecule has 0 radical (unpaired) electrons. The standard InChI is InChI=1S/C20H29N3O/c1-19-8-7-17-15(4-3-13-11-14(24)12-20(13,17)2)16(19)5-6-18(19)23-10-9-21-22-23/h6,9-10,13-17,24H,3-5,7-8,11-12H2,1-2H3. The van der Waals surface area contributed by atoms with Gasteiger partial charge in [-0.25, -0.2) is 4.68 Å². The molecular formula is C20H29N3O. The average Bonchev–Trinajstić information content (AvgIpc) is 3.22. The second kappa shape index (κ2) is 4.94. The van der Waals surface area contributed by atoms with Gasteiger partial charge in [-0.2, -0.15) is 0 Å². The highest BCUT2D eigenvalue weighted by Gasteiger charge is 2.60. The summed E-state index contributed by atoms with van der Waals surface area (Å²) < 4.78 is 2.01. The third-order valence-corrected chi connectivity index (χ3v) is 8.51. The molecule has 4 aliphatic carbocycles. The highest BCUT2D eigenvalue weighted by atomic mass is 16.3. The first-order valence-electron chi connectivity index (χ1n) is 9.78. The molecule has 3 saturated carbocycles. The summed E-state index contributed by atoms with van der Waals surface area (Å²) in [5.41, 5.74) is 2.00. The predicted octanol–water partition coefficient (Wildman–Crippen LogP) is 3.74. The van der Waals surface area contributed by atoms with Crippen LogP contribution in [0.4, 0.5) is 0 Å². The number of aliphatic hydroxyl groups is 1. The summed E-state index contributed by atoms with van der Waals surface area (Å²) in [6.45, 7) is 4.96. The van der Waals surface area contributed by atoms with Gasteiger partial charge < -0.3 is 5.11 Å². The summed E-state index contributed by atoms with van der Waals surface area (Å²) in [4.78, 5) is 0. The zero-order chi connectivity index (χ0) is 16.5. The monoisotopic (exact) mass is 327 g/mol. The van der Waals surface area contributed by atoms with Crippen molar-refractivity contribution in [2.24, 2.45) is 34.5 Å². The van der Waals surface area contributed by atoms with Crippen molar-refractivity contribution in [3.63, 3.8) is 0 Å². The van der Waals surface area contributed by atoms with Crippen molar-refractivity contribution < 1.29 is 5.11 Å². The van der Waals surface area contributed by atoms with Crippen molar-refractivity contribution in [2.45, 2.75) is 64.9 Å². The van der Waals surface area contributed by atoms with Gasteiger partial charge in [0.1, 0.15) is 0 Å². The summed E-state index contributed by atoms with van der Waals surface area (Å²) in [5, 5.41) is 18.6. The Kier molecular flexibility index (Phi) is 3.11. The lowest BCUT2D eigenvalue weighted by atomic mass is 9.48. The van der Waals surface area contributed by atoms with E-state index in [9.17, 15) is 5.11 Å². The summed E-state index contributed by atoms with van der Waals surface area (Å²) in [5.74, 6) is 3.11. The molecule has 1 N–H and O–H groups in total. The first kappa shape index (κ1) is 15.1. The number of nitrogens with zero attached hydrogens (tertiary/aromatic N) is 3. The minimum absolute atomic E-state index is 0.0560. The molecule has 24 heavy (non-hydrogen) atoms. The van der Waals surface area contributed by atoms with Crippen molar-refractivity contribution in [3.8, 4) is 0 Å². The Bertz CT molecular complexity index is 668. The molecule has 5 rings (SSSR count). The van der Waals surface area contributed by atoms with Gasteiger partial charge in [-0.15, -0.1) is 5.10 Å². The number of aromatic nitrogens is 3. The fourth-order valence-corrected chi connectivity index (χ4v) is 7.40. The maximum atomic E-state index is 10.3. The quantitative estimate of drug-likeness (QED) is 0.855. The summed E-state index contributed by atoms with van der Waals surface area (Å²) in [6, 6.07) is 0. The zero-order valence-electron chi connectivity index (χ0n) is 14.9. The molecule has 7 unspecified atom stereocenters. The molecule has 4 heteroatoms. The van der Waals surface area contributed by atoms with Crippen LogP contribution in [0.1, 0.15) is 58.8 Å². The summed E-state index contributed by atoms with van der Waals surface area (Å²) in [7, 11) is 0. The Morgan fingerprint density at radius 1 is 1.21 bits per heavy atom. The van der Waals surface area contributed by atoms with Gasteiger partial charge in [-0.1, -0.05) is 25.1 Å². The van der Waals surface area contributed by atoms with Crippen molar-refractivity contribution in [3.05, 3.63) is 18.5 Å². The third kappa shape index (κ3) is 1.84. The topological polar surface area (TPSA) is 50.9 Å². The maximum absolute atomic E-state index is 10.3. The number of hydrogen-bond donors (Lipinski definition) is 1. The lowest BCUT2D eigenvalue weighted by Crippen LogP contribution is -2.50. The van der Waals surface area contributed by atoms with Crippen LogP contribution in [-0.4, -0.2) is 26.2 Å². The molecule has 4 aliphatic rings. The molecule has 4 nitrogen and oxygen atoms in total. The van der Waals surface area contributed by atoms with Crippen molar-refractivity contribution >= 4 is 5.70 Å². The van der Waals surface area contributed by atoms with Crippen LogP contribution in [0.3, 0.4) is 0 Å².